The number of ketones is 2. The van der Waals surface area contributed by atoms with Gasteiger partial charge < -0.3 is 5.32 Å². The van der Waals surface area contributed by atoms with Crippen LogP contribution in [-0.2, 0) is 24.2 Å². The van der Waals surface area contributed by atoms with E-state index in [2.05, 4.69) is 47.7 Å². The van der Waals surface area contributed by atoms with Crippen LogP contribution in [0.15, 0.2) is 24.3 Å². The molecule has 0 saturated heterocycles. The fraction of sp³-hybridized carbons (Fsp3) is 0.854. The molecule has 0 aromatic heterocycles. The Hall–Kier alpha value is -1.35. The minimum Gasteiger partial charge on any atom is -0.316 e. The van der Waals surface area contributed by atoms with Crippen LogP contribution < -0.4 is 5.32 Å². The van der Waals surface area contributed by atoms with Crippen molar-refractivity contribution in [1.29, 1.82) is 0 Å². The summed E-state index contributed by atoms with van der Waals surface area (Å²) in [6.07, 6.45) is 43.3. The molecule has 0 rings (SSSR count). The van der Waals surface area contributed by atoms with Crippen LogP contribution in [0.3, 0.4) is 0 Å². The van der Waals surface area contributed by atoms with E-state index in [1.165, 1.54) is 141 Å². The molecule has 0 heterocycles. The lowest BCUT2D eigenvalue weighted by Gasteiger charge is -2.15. The lowest BCUT2D eigenvalue weighted by Crippen LogP contribution is -2.34. The number of hydrogen-bond donors (Lipinski definition) is 2. The van der Waals surface area contributed by atoms with Crippen LogP contribution in [-0.4, -0.2) is 44.7 Å². The normalized spacial score (nSPS) is 11.9. The highest BCUT2D eigenvalue weighted by Gasteiger charge is 2.24. The van der Waals surface area contributed by atoms with Crippen molar-refractivity contribution in [3.8, 4) is 0 Å². The third-order valence-corrected chi connectivity index (χ3v) is 9.38. The molecule has 0 unspecified atom stereocenters. The molecule has 0 atom stereocenters. The van der Waals surface area contributed by atoms with E-state index in [0.29, 0.717) is 19.4 Å². The van der Waals surface area contributed by atoms with Crippen LogP contribution >= 0.6 is 0 Å². The minimum atomic E-state index is -4.16. The highest BCUT2D eigenvalue weighted by molar-refractivity contribution is 7.80. The molecular weight excluding hydrogens is 635 g/mol. The molecule has 8 heteroatoms. The van der Waals surface area contributed by atoms with Crippen molar-refractivity contribution >= 4 is 22.0 Å². The van der Waals surface area contributed by atoms with Gasteiger partial charge in [-0.05, 0) is 70.8 Å². The summed E-state index contributed by atoms with van der Waals surface area (Å²) < 4.78 is 29.7. The van der Waals surface area contributed by atoms with Gasteiger partial charge in [0.25, 0.3) is 0 Å². The molecule has 0 aliphatic heterocycles. The summed E-state index contributed by atoms with van der Waals surface area (Å²) in [4.78, 5) is 25.8. The number of nitrogens with one attached hydrogen (secondary N) is 1. The first kappa shape index (κ1) is 49.8. The zero-order valence-electron chi connectivity index (χ0n) is 32.5. The fourth-order valence-electron chi connectivity index (χ4n) is 5.78. The second kappa shape index (κ2) is 39.4. The zero-order valence-corrected chi connectivity index (χ0v) is 33.3. The SMILES string of the molecule is CCCCCCCC/C=C\CCCCCCCC(=O)C(CNCC)C(=O)CCCCCCC/C=C\CCCCCCCC.COS(=O)(=O)O. The molecule has 7 nitrogen and oxygen atoms in total. The molecule has 0 bridgehead atoms. The summed E-state index contributed by atoms with van der Waals surface area (Å²) in [7, 11) is -3.29. The quantitative estimate of drug-likeness (QED) is 0.0288. The Bertz CT molecular complexity index is 834. The lowest BCUT2D eigenvalue weighted by atomic mass is 9.91. The number of Topliss-reactive ketones (excluding diaryl/α,β-unsaturated/α-hetero) is 2. The Morgan fingerprint density at radius 1 is 0.551 bits per heavy atom. The van der Waals surface area contributed by atoms with E-state index in [-0.39, 0.29) is 11.6 Å². The number of carbonyl (C=O) groups is 2. The molecule has 0 amide bonds. The van der Waals surface area contributed by atoms with Gasteiger partial charge in [-0.2, -0.15) is 8.42 Å². The second-order valence-corrected chi connectivity index (χ2v) is 14.7. The van der Waals surface area contributed by atoms with Crippen molar-refractivity contribution in [3.63, 3.8) is 0 Å². The maximum Gasteiger partial charge on any atom is 0.397 e. The maximum atomic E-state index is 12.9. The summed E-state index contributed by atoms with van der Waals surface area (Å²) >= 11 is 0. The topological polar surface area (TPSA) is 110 Å². The van der Waals surface area contributed by atoms with Crippen LogP contribution in [0, 0.1) is 5.92 Å². The molecule has 0 saturated carbocycles. The van der Waals surface area contributed by atoms with Gasteiger partial charge in [0, 0.05) is 19.4 Å². The number of unbranched alkanes of at least 4 members (excludes halogenated alkanes) is 22. The van der Waals surface area contributed by atoms with Gasteiger partial charge in [-0.1, -0.05) is 148 Å². The molecule has 290 valence electrons. The second-order valence-electron chi connectivity index (χ2n) is 13.6. The third kappa shape index (κ3) is 41.0. The van der Waals surface area contributed by atoms with Crippen LogP contribution in [0.5, 0.6) is 0 Å². The predicted octanol–water partition coefficient (Wildman–Crippen LogP) is 11.9. The Morgan fingerprint density at radius 3 is 1.12 bits per heavy atom. The first-order valence-electron chi connectivity index (χ1n) is 20.3. The number of hydrogen-bond acceptors (Lipinski definition) is 6. The van der Waals surface area contributed by atoms with Gasteiger partial charge in [-0.15, -0.1) is 0 Å². The van der Waals surface area contributed by atoms with E-state index < -0.39 is 16.3 Å². The largest absolute Gasteiger partial charge is 0.397 e. The summed E-state index contributed by atoms with van der Waals surface area (Å²) in [5.74, 6) is -0.110. The third-order valence-electron chi connectivity index (χ3n) is 8.96. The molecule has 0 aromatic rings. The summed E-state index contributed by atoms with van der Waals surface area (Å²) in [5, 5.41) is 3.26. The highest BCUT2D eigenvalue weighted by atomic mass is 32.3. The van der Waals surface area contributed by atoms with Crippen molar-refractivity contribution < 1.29 is 26.7 Å². The van der Waals surface area contributed by atoms with Gasteiger partial charge in [0.1, 0.15) is 11.6 Å². The predicted molar refractivity (Wildman–Crippen MR) is 210 cm³/mol. The standard InChI is InChI=1S/C40H75NO2.CH4O4S/c1-4-7-9-11-13-15-17-19-21-23-25-27-29-31-33-35-39(42)38(37-41-6-3)40(43)36-34-32-30-28-26-24-22-20-18-16-14-12-10-8-5-2;1-5-6(2,3)4/h19-22,38,41H,4-18,23-37H2,1-3H3;1H3,(H,2,3,4)/b21-19-,22-20-;. The van der Waals surface area contributed by atoms with E-state index >= 15 is 0 Å². The number of rotatable bonds is 36. The van der Waals surface area contributed by atoms with Gasteiger partial charge in [0.15, 0.2) is 0 Å². The summed E-state index contributed by atoms with van der Waals surface area (Å²) in [5.41, 5.74) is 0. The van der Waals surface area contributed by atoms with E-state index in [0.717, 1.165) is 39.3 Å². The molecule has 0 aliphatic carbocycles. The van der Waals surface area contributed by atoms with Gasteiger partial charge >= 0.3 is 10.4 Å². The number of carbonyl (C=O) groups excluding carboxylic acids is 2. The van der Waals surface area contributed by atoms with Crippen molar-refractivity contribution in [1.82, 2.24) is 5.32 Å². The van der Waals surface area contributed by atoms with Crippen molar-refractivity contribution in [2.24, 2.45) is 5.92 Å². The minimum absolute atomic E-state index is 0.163. The molecule has 0 fully saturated rings. The fourth-order valence-corrected chi connectivity index (χ4v) is 5.78. The molecule has 49 heavy (non-hydrogen) atoms. The molecule has 0 aromatic carbocycles. The Morgan fingerprint density at radius 2 is 0.837 bits per heavy atom. The van der Waals surface area contributed by atoms with E-state index in [1.807, 2.05) is 6.92 Å². The highest BCUT2D eigenvalue weighted by Crippen LogP contribution is 2.16. The van der Waals surface area contributed by atoms with E-state index in [9.17, 15) is 18.0 Å². The van der Waals surface area contributed by atoms with Crippen molar-refractivity contribution in [2.75, 3.05) is 20.2 Å². The maximum absolute atomic E-state index is 12.9. The Balaban J connectivity index is 0. The Kier molecular flexibility index (Phi) is 40.0. The van der Waals surface area contributed by atoms with Gasteiger partial charge in [0.2, 0.25) is 0 Å². The van der Waals surface area contributed by atoms with E-state index in [4.69, 9.17) is 4.55 Å². The number of allylic oxidation sites excluding steroid dienone is 4. The van der Waals surface area contributed by atoms with E-state index in [1.54, 1.807) is 0 Å². The van der Waals surface area contributed by atoms with Crippen LogP contribution in [0.4, 0.5) is 0 Å². The smallest absolute Gasteiger partial charge is 0.316 e. The first-order chi connectivity index (χ1) is 23.7. The zero-order chi connectivity index (χ0) is 36.7. The van der Waals surface area contributed by atoms with Crippen molar-refractivity contribution in [2.45, 2.75) is 201 Å². The summed E-state index contributed by atoms with van der Waals surface area (Å²) in [6.45, 7) is 7.91. The molecule has 0 aliphatic rings. The van der Waals surface area contributed by atoms with Gasteiger partial charge in [-0.25, -0.2) is 0 Å². The molecule has 0 spiro atoms. The summed E-state index contributed by atoms with van der Waals surface area (Å²) in [6, 6.07) is 0. The van der Waals surface area contributed by atoms with Crippen LogP contribution in [0.1, 0.15) is 201 Å². The van der Waals surface area contributed by atoms with Gasteiger partial charge in [-0.3, -0.25) is 18.3 Å². The first-order valence-corrected chi connectivity index (χ1v) is 21.7. The average Bonchev–Trinajstić information content (AvgIpc) is 3.08. The Labute approximate surface area is 304 Å². The van der Waals surface area contributed by atoms with Crippen LogP contribution in [0.2, 0.25) is 0 Å². The molecule has 0 radical (unpaired) electrons. The van der Waals surface area contributed by atoms with Crippen LogP contribution in [0.25, 0.3) is 0 Å². The average molecular weight is 714 g/mol. The van der Waals surface area contributed by atoms with Gasteiger partial charge in [0.05, 0.1) is 13.0 Å². The molecule has 2 N–H and O–H groups in total. The lowest BCUT2D eigenvalue weighted by molar-refractivity contribution is -0.132. The monoisotopic (exact) mass is 714 g/mol. The van der Waals surface area contributed by atoms with Crippen molar-refractivity contribution in [3.05, 3.63) is 24.3 Å². The molecular formula is C41H79NO6S.